The summed E-state index contributed by atoms with van der Waals surface area (Å²) in [6.07, 6.45) is 0. The maximum atomic E-state index is 14.2. The fraction of sp³-hybridized carbons (Fsp3) is 0.389. The number of hydrogen-bond donors (Lipinski definition) is 2. The van der Waals surface area contributed by atoms with Gasteiger partial charge in [0.1, 0.15) is 17.3 Å². The number of hydrogen-bond acceptors (Lipinski definition) is 5. The Labute approximate surface area is 159 Å². The van der Waals surface area contributed by atoms with Crippen molar-refractivity contribution in [3.63, 3.8) is 0 Å². The number of nitrogens with zero attached hydrogens (tertiary/aromatic N) is 1. The molecule has 1 aliphatic rings. The number of ether oxygens (including phenoxy) is 1. The summed E-state index contributed by atoms with van der Waals surface area (Å²) in [5.74, 6) is 0.165. The molecular weight excluding hydrogens is 405 g/mol. The second-order valence-corrected chi connectivity index (χ2v) is 7.08. The van der Waals surface area contributed by atoms with E-state index >= 15 is 0 Å². The lowest BCUT2D eigenvalue weighted by Crippen LogP contribution is -2.41. The number of nitrogens with one attached hydrogen (secondary N) is 1. The van der Waals surface area contributed by atoms with Gasteiger partial charge in [-0.15, -0.1) is 0 Å². The van der Waals surface area contributed by atoms with Gasteiger partial charge in [-0.1, -0.05) is 15.9 Å². The summed E-state index contributed by atoms with van der Waals surface area (Å²) in [7, 11) is 0. The number of amides is 1. The van der Waals surface area contributed by atoms with Gasteiger partial charge >= 0.3 is 0 Å². The fourth-order valence-corrected chi connectivity index (χ4v) is 3.53. The smallest absolute Gasteiger partial charge is 0.253 e. The molecule has 140 valence electrons. The van der Waals surface area contributed by atoms with Gasteiger partial charge in [-0.3, -0.25) is 9.69 Å². The Bertz CT molecular complexity index is 790. The van der Waals surface area contributed by atoms with Gasteiger partial charge in [0.05, 0.1) is 30.5 Å². The molecule has 26 heavy (non-hydrogen) atoms. The normalized spacial score (nSPS) is 16.4. The lowest BCUT2D eigenvalue weighted by molar-refractivity contribution is 0.0143. The second kappa shape index (κ2) is 8.20. The number of aryl methyl sites for hydroxylation is 1. The summed E-state index contributed by atoms with van der Waals surface area (Å²) in [4.78, 5) is 13.9. The van der Waals surface area contributed by atoms with E-state index in [1.807, 2.05) is 19.1 Å². The third-order valence-electron chi connectivity index (χ3n) is 4.36. The van der Waals surface area contributed by atoms with Crippen LogP contribution in [-0.4, -0.2) is 43.7 Å². The number of morpholine rings is 1. The van der Waals surface area contributed by atoms with E-state index < -0.39 is 11.7 Å². The predicted molar refractivity (Wildman–Crippen MR) is 99.7 cm³/mol. The van der Waals surface area contributed by atoms with Gasteiger partial charge in [-0.25, -0.2) is 4.39 Å². The van der Waals surface area contributed by atoms with Crippen LogP contribution in [-0.2, 0) is 4.74 Å². The Morgan fingerprint density at radius 2 is 2.12 bits per heavy atom. The molecule has 1 atom stereocenters. The van der Waals surface area contributed by atoms with Gasteiger partial charge in [0.15, 0.2) is 0 Å². The first-order valence-corrected chi connectivity index (χ1v) is 9.16. The SMILES string of the molecule is Cc1ccc(C(CNc2cc(Br)cc(F)c2C(N)=O)N2CCOCC2)o1. The summed E-state index contributed by atoms with van der Waals surface area (Å²) in [5.41, 5.74) is 5.55. The van der Waals surface area contributed by atoms with Crippen molar-refractivity contribution >= 4 is 27.5 Å². The zero-order valence-corrected chi connectivity index (χ0v) is 16.0. The largest absolute Gasteiger partial charge is 0.465 e. The predicted octanol–water partition coefficient (Wildman–Crippen LogP) is 3.07. The zero-order valence-electron chi connectivity index (χ0n) is 14.4. The van der Waals surface area contributed by atoms with Crippen LogP contribution in [0.25, 0.3) is 0 Å². The minimum absolute atomic E-state index is 0.0737. The highest BCUT2D eigenvalue weighted by Crippen LogP contribution is 2.28. The number of nitrogens with two attached hydrogens (primary N) is 1. The quantitative estimate of drug-likeness (QED) is 0.742. The Hall–Kier alpha value is -1.90. The first-order valence-electron chi connectivity index (χ1n) is 8.36. The number of carbonyl (C=O) groups is 1. The van der Waals surface area contributed by atoms with Crippen molar-refractivity contribution in [2.45, 2.75) is 13.0 Å². The number of furan rings is 1. The molecule has 1 amide bonds. The maximum Gasteiger partial charge on any atom is 0.253 e. The van der Waals surface area contributed by atoms with E-state index in [-0.39, 0.29) is 11.6 Å². The van der Waals surface area contributed by atoms with Crippen molar-refractivity contribution < 1.29 is 18.3 Å². The maximum absolute atomic E-state index is 14.2. The number of primary amides is 1. The summed E-state index contributed by atoms with van der Waals surface area (Å²) in [6, 6.07) is 6.65. The first kappa shape index (κ1) is 18.9. The van der Waals surface area contributed by atoms with E-state index in [0.29, 0.717) is 29.9 Å². The highest BCUT2D eigenvalue weighted by atomic mass is 79.9. The van der Waals surface area contributed by atoms with Crippen molar-refractivity contribution in [1.82, 2.24) is 4.90 Å². The van der Waals surface area contributed by atoms with Crippen LogP contribution in [0.4, 0.5) is 10.1 Å². The van der Waals surface area contributed by atoms with Gasteiger partial charge in [-0.2, -0.15) is 0 Å². The van der Waals surface area contributed by atoms with E-state index in [1.54, 1.807) is 6.07 Å². The standard InChI is InChI=1S/C18H21BrFN3O3/c1-11-2-3-16(26-11)15(23-4-6-25-7-5-23)10-22-14-9-12(19)8-13(20)17(14)18(21)24/h2-3,8-9,15,22H,4-7,10H2,1H3,(H2,21,24). The number of halogens is 2. The Morgan fingerprint density at radius 3 is 2.73 bits per heavy atom. The van der Waals surface area contributed by atoms with Gasteiger partial charge in [0.25, 0.3) is 5.91 Å². The average Bonchev–Trinajstić information content (AvgIpc) is 3.01. The summed E-state index contributed by atoms with van der Waals surface area (Å²) < 4.78 is 25.9. The number of carbonyl (C=O) groups excluding carboxylic acids is 1. The molecule has 0 saturated carbocycles. The third-order valence-corrected chi connectivity index (χ3v) is 4.82. The van der Waals surface area contributed by atoms with Gasteiger partial charge in [-0.05, 0) is 31.2 Å². The fourth-order valence-electron chi connectivity index (χ4n) is 3.10. The molecule has 2 aromatic rings. The van der Waals surface area contributed by atoms with Crippen LogP contribution in [0.15, 0.2) is 33.2 Å². The van der Waals surface area contributed by atoms with Crippen molar-refractivity contribution in [3.05, 3.63) is 51.6 Å². The summed E-state index contributed by atoms with van der Waals surface area (Å²) in [6.45, 7) is 5.15. The van der Waals surface area contributed by atoms with Gasteiger partial charge in [0, 0.05) is 24.1 Å². The number of rotatable bonds is 6. The zero-order chi connectivity index (χ0) is 18.7. The molecule has 3 N–H and O–H groups in total. The van der Waals surface area contributed by atoms with Crippen molar-refractivity contribution in [2.75, 3.05) is 38.2 Å². The molecule has 0 bridgehead atoms. The van der Waals surface area contributed by atoms with Crippen molar-refractivity contribution in [1.29, 1.82) is 0 Å². The molecule has 1 unspecified atom stereocenters. The molecule has 1 aliphatic heterocycles. The van der Waals surface area contributed by atoms with Crippen LogP contribution in [0.2, 0.25) is 0 Å². The highest BCUT2D eigenvalue weighted by Gasteiger charge is 2.26. The van der Waals surface area contributed by atoms with E-state index in [4.69, 9.17) is 14.9 Å². The van der Waals surface area contributed by atoms with Crippen LogP contribution in [0.1, 0.15) is 27.9 Å². The molecule has 1 aromatic heterocycles. The molecule has 1 aromatic carbocycles. The van der Waals surface area contributed by atoms with E-state index in [1.165, 1.54) is 6.07 Å². The minimum atomic E-state index is -0.811. The molecule has 0 spiro atoms. The Kier molecular flexibility index (Phi) is 5.95. The molecule has 1 fully saturated rings. The molecule has 0 aliphatic carbocycles. The monoisotopic (exact) mass is 425 g/mol. The van der Waals surface area contributed by atoms with Crippen LogP contribution in [0, 0.1) is 12.7 Å². The molecule has 3 rings (SSSR count). The van der Waals surface area contributed by atoms with Crippen molar-refractivity contribution in [2.24, 2.45) is 5.73 Å². The Morgan fingerprint density at radius 1 is 1.38 bits per heavy atom. The highest BCUT2D eigenvalue weighted by molar-refractivity contribution is 9.10. The minimum Gasteiger partial charge on any atom is -0.465 e. The molecule has 2 heterocycles. The van der Waals surface area contributed by atoms with Crippen LogP contribution in [0.3, 0.4) is 0 Å². The van der Waals surface area contributed by atoms with Crippen molar-refractivity contribution in [3.8, 4) is 0 Å². The van der Waals surface area contributed by atoms with E-state index in [2.05, 4.69) is 26.1 Å². The average molecular weight is 426 g/mol. The van der Waals surface area contributed by atoms with Gasteiger partial charge < -0.3 is 20.2 Å². The summed E-state index contributed by atoms with van der Waals surface area (Å²) in [5, 5.41) is 3.17. The lowest BCUT2D eigenvalue weighted by atomic mass is 10.1. The third kappa shape index (κ3) is 4.25. The lowest BCUT2D eigenvalue weighted by Gasteiger charge is -2.33. The van der Waals surface area contributed by atoms with E-state index in [0.717, 1.165) is 24.6 Å². The molecule has 6 nitrogen and oxygen atoms in total. The van der Waals surface area contributed by atoms with Gasteiger partial charge in [0.2, 0.25) is 0 Å². The van der Waals surface area contributed by atoms with Crippen LogP contribution >= 0.6 is 15.9 Å². The van der Waals surface area contributed by atoms with E-state index in [9.17, 15) is 9.18 Å². The first-order chi connectivity index (χ1) is 12.5. The summed E-state index contributed by atoms with van der Waals surface area (Å²) >= 11 is 3.25. The molecule has 0 radical (unpaired) electrons. The number of anilines is 1. The molecule has 8 heteroatoms. The number of benzene rings is 1. The van der Waals surface area contributed by atoms with Crippen LogP contribution < -0.4 is 11.1 Å². The van der Waals surface area contributed by atoms with Crippen LogP contribution in [0.5, 0.6) is 0 Å². The Balaban J connectivity index is 1.85. The molecule has 1 saturated heterocycles. The second-order valence-electron chi connectivity index (χ2n) is 6.17. The topological polar surface area (TPSA) is 80.7 Å². The molecular formula is C18H21BrFN3O3.